The van der Waals surface area contributed by atoms with Gasteiger partial charge in [0.2, 0.25) is 0 Å². The Kier molecular flexibility index (Phi) is 4.29. The summed E-state index contributed by atoms with van der Waals surface area (Å²) in [5.41, 5.74) is 0. The van der Waals surface area contributed by atoms with Gasteiger partial charge in [0.1, 0.15) is 18.2 Å². The molecule has 18 heavy (non-hydrogen) atoms. The summed E-state index contributed by atoms with van der Waals surface area (Å²) >= 11 is 1.94. The molecule has 0 atom stereocenters. The number of hydrogen-bond donors (Lipinski definition) is 2. The number of methoxy groups -OCH3 is 1. The van der Waals surface area contributed by atoms with Gasteiger partial charge in [0.05, 0.1) is 0 Å². The second-order valence-corrected chi connectivity index (χ2v) is 5.75. The Hall–Kier alpha value is -1.01. The number of nitrogens with one attached hydrogen (secondary N) is 2. The van der Waals surface area contributed by atoms with E-state index in [1.165, 1.54) is 12.8 Å². The third-order valence-electron chi connectivity index (χ3n) is 3.13. The minimum absolute atomic E-state index is 0.423. The zero-order valence-electron chi connectivity index (χ0n) is 11.1. The number of thioether (sulfide) groups is 1. The van der Waals surface area contributed by atoms with Crippen molar-refractivity contribution in [2.75, 3.05) is 37.6 Å². The molecule has 0 unspecified atom stereocenters. The van der Waals surface area contributed by atoms with Gasteiger partial charge in [-0.3, -0.25) is 0 Å². The molecule has 0 radical (unpaired) electrons. The summed E-state index contributed by atoms with van der Waals surface area (Å²) < 4.78 is 5.50. The highest BCUT2D eigenvalue weighted by atomic mass is 32.2. The Morgan fingerprint density at radius 3 is 2.67 bits per heavy atom. The second-order valence-electron chi connectivity index (χ2n) is 4.48. The van der Waals surface area contributed by atoms with Crippen molar-refractivity contribution in [3.63, 3.8) is 0 Å². The van der Waals surface area contributed by atoms with Crippen LogP contribution in [0.5, 0.6) is 0 Å². The lowest BCUT2D eigenvalue weighted by Crippen LogP contribution is -2.18. The van der Waals surface area contributed by atoms with Crippen LogP contribution in [0.4, 0.5) is 11.6 Å². The van der Waals surface area contributed by atoms with Crippen molar-refractivity contribution in [3.05, 3.63) is 11.9 Å². The van der Waals surface area contributed by atoms with Crippen LogP contribution in [-0.2, 0) is 11.3 Å². The van der Waals surface area contributed by atoms with Crippen LogP contribution in [0.25, 0.3) is 0 Å². The Balaban J connectivity index is 2.04. The lowest BCUT2D eigenvalue weighted by molar-refractivity contribution is 0.178. The average Bonchev–Trinajstić information content (AvgIpc) is 3.17. The number of anilines is 2. The SMILES string of the molecule is CNc1cc(NCC2(SC)CC2)nc(COC)n1. The first-order chi connectivity index (χ1) is 8.71. The molecular weight excluding hydrogens is 248 g/mol. The predicted molar refractivity (Wildman–Crippen MR) is 76.3 cm³/mol. The number of ether oxygens (including phenoxy) is 1. The highest BCUT2D eigenvalue weighted by molar-refractivity contribution is 8.00. The zero-order chi connectivity index (χ0) is 13.0. The van der Waals surface area contributed by atoms with Gasteiger partial charge in [-0.25, -0.2) is 9.97 Å². The number of aromatic nitrogens is 2. The highest BCUT2D eigenvalue weighted by Gasteiger charge is 2.41. The maximum absolute atomic E-state index is 5.08. The van der Waals surface area contributed by atoms with Gasteiger partial charge in [-0.1, -0.05) is 0 Å². The molecule has 1 fully saturated rings. The van der Waals surface area contributed by atoms with E-state index in [0.717, 1.165) is 18.2 Å². The highest BCUT2D eigenvalue weighted by Crippen LogP contribution is 2.46. The van der Waals surface area contributed by atoms with Gasteiger partial charge in [-0.2, -0.15) is 11.8 Å². The van der Waals surface area contributed by atoms with Crippen molar-refractivity contribution in [1.82, 2.24) is 9.97 Å². The average molecular weight is 268 g/mol. The molecule has 1 aromatic heterocycles. The summed E-state index contributed by atoms with van der Waals surface area (Å²) in [7, 11) is 3.50. The summed E-state index contributed by atoms with van der Waals surface area (Å²) in [6.45, 7) is 1.39. The minimum Gasteiger partial charge on any atom is -0.377 e. The molecule has 2 N–H and O–H groups in total. The molecule has 0 bridgehead atoms. The van der Waals surface area contributed by atoms with Gasteiger partial charge in [-0.05, 0) is 19.1 Å². The lowest BCUT2D eigenvalue weighted by atomic mass is 10.4. The summed E-state index contributed by atoms with van der Waals surface area (Å²) in [5.74, 6) is 2.37. The monoisotopic (exact) mass is 268 g/mol. The van der Waals surface area contributed by atoms with Gasteiger partial charge in [0.15, 0.2) is 5.82 Å². The van der Waals surface area contributed by atoms with Crippen molar-refractivity contribution >= 4 is 23.4 Å². The van der Waals surface area contributed by atoms with Crippen LogP contribution in [-0.4, -0.2) is 41.7 Å². The molecule has 0 aromatic carbocycles. The fourth-order valence-electron chi connectivity index (χ4n) is 1.75. The molecule has 0 saturated heterocycles. The van der Waals surface area contributed by atoms with Gasteiger partial charge in [-0.15, -0.1) is 0 Å². The molecule has 1 heterocycles. The molecule has 100 valence electrons. The smallest absolute Gasteiger partial charge is 0.158 e. The quantitative estimate of drug-likeness (QED) is 0.788. The predicted octanol–water partition coefficient (Wildman–Crippen LogP) is 1.97. The molecule has 1 aliphatic rings. The zero-order valence-corrected chi connectivity index (χ0v) is 11.9. The second kappa shape index (κ2) is 5.75. The number of rotatable bonds is 7. The molecule has 6 heteroatoms. The Labute approximate surface area is 112 Å². The summed E-state index contributed by atoms with van der Waals surface area (Å²) in [5, 5.41) is 6.45. The van der Waals surface area contributed by atoms with Crippen molar-refractivity contribution in [3.8, 4) is 0 Å². The lowest BCUT2D eigenvalue weighted by Gasteiger charge is -2.14. The maximum Gasteiger partial charge on any atom is 0.158 e. The van der Waals surface area contributed by atoms with Crippen LogP contribution in [0.3, 0.4) is 0 Å². The summed E-state index contributed by atoms with van der Waals surface area (Å²) in [4.78, 5) is 8.77. The van der Waals surface area contributed by atoms with Crippen LogP contribution < -0.4 is 10.6 Å². The van der Waals surface area contributed by atoms with E-state index in [4.69, 9.17) is 4.74 Å². The van der Waals surface area contributed by atoms with Crippen LogP contribution in [0.1, 0.15) is 18.7 Å². The van der Waals surface area contributed by atoms with Crippen molar-refractivity contribution in [2.45, 2.75) is 24.2 Å². The standard InChI is InChI=1S/C12H20N4OS/c1-13-9-6-10(16-11(15-9)7-17-2)14-8-12(18-3)4-5-12/h6H,4-5,7-8H2,1-3H3,(H2,13,14,15,16). The van der Waals surface area contributed by atoms with E-state index >= 15 is 0 Å². The van der Waals surface area contributed by atoms with Crippen molar-refractivity contribution in [2.24, 2.45) is 0 Å². The maximum atomic E-state index is 5.08. The first kappa shape index (κ1) is 13.4. The molecule has 5 nitrogen and oxygen atoms in total. The molecule has 0 amide bonds. The Bertz CT molecular complexity index is 409. The molecule has 0 aliphatic heterocycles. The fourth-order valence-corrected chi connectivity index (χ4v) is 2.48. The Morgan fingerprint density at radius 2 is 2.11 bits per heavy atom. The topological polar surface area (TPSA) is 59.1 Å². The van der Waals surface area contributed by atoms with Crippen LogP contribution in [0.2, 0.25) is 0 Å². The third-order valence-corrected chi connectivity index (χ3v) is 4.55. The molecule has 0 spiro atoms. The number of nitrogens with zero attached hydrogens (tertiary/aromatic N) is 2. The molecule has 1 aliphatic carbocycles. The summed E-state index contributed by atoms with van der Waals surface area (Å²) in [6.07, 6.45) is 4.75. The van der Waals surface area contributed by atoms with E-state index in [9.17, 15) is 0 Å². The van der Waals surface area contributed by atoms with E-state index in [-0.39, 0.29) is 0 Å². The van der Waals surface area contributed by atoms with Crippen LogP contribution >= 0.6 is 11.8 Å². The van der Waals surface area contributed by atoms with E-state index in [2.05, 4.69) is 26.9 Å². The first-order valence-electron chi connectivity index (χ1n) is 6.05. The molecule has 2 rings (SSSR count). The van der Waals surface area contributed by atoms with E-state index < -0.39 is 0 Å². The number of hydrogen-bond acceptors (Lipinski definition) is 6. The first-order valence-corrected chi connectivity index (χ1v) is 7.27. The van der Waals surface area contributed by atoms with Gasteiger partial charge < -0.3 is 15.4 Å². The molecular formula is C12H20N4OS. The van der Waals surface area contributed by atoms with Crippen molar-refractivity contribution in [1.29, 1.82) is 0 Å². The summed E-state index contributed by atoms with van der Waals surface area (Å²) in [6, 6.07) is 1.93. The normalized spacial score (nSPS) is 16.4. The van der Waals surface area contributed by atoms with Gasteiger partial charge in [0.25, 0.3) is 0 Å². The van der Waals surface area contributed by atoms with Crippen molar-refractivity contribution < 1.29 is 4.74 Å². The van der Waals surface area contributed by atoms with E-state index in [1.54, 1.807) is 7.11 Å². The van der Waals surface area contributed by atoms with Gasteiger partial charge in [0, 0.05) is 31.5 Å². The van der Waals surface area contributed by atoms with E-state index in [1.807, 2.05) is 24.9 Å². The largest absolute Gasteiger partial charge is 0.377 e. The van der Waals surface area contributed by atoms with Crippen LogP contribution in [0, 0.1) is 0 Å². The van der Waals surface area contributed by atoms with Gasteiger partial charge >= 0.3 is 0 Å². The fraction of sp³-hybridized carbons (Fsp3) is 0.667. The van der Waals surface area contributed by atoms with Crippen LogP contribution in [0.15, 0.2) is 6.07 Å². The minimum atomic E-state index is 0.423. The third kappa shape index (κ3) is 3.26. The van der Waals surface area contributed by atoms with E-state index in [0.29, 0.717) is 17.2 Å². The Morgan fingerprint density at radius 1 is 1.39 bits per heavy atom. The molecule has 1 aromatic rings. The molecule has 1 saturated carbocycles.